The summed E-state index contributed by atoms with van der Waals surface area (Å²) in [7, 11) is 0. The molecule has 102 valence electrons. The van der Waals surface area contributed by atoms with Gasteiger partial charge in [-0.1, -0.05) is 24.3 Å². The number of hydrogen-bond donors (Lipinski definition) is 1. The van der Waals surface area contributed by atoms with Crippen LogP contribution in [0, 0.1) is 17.2 Å². The molecule has 3 rings (SSSR count). The van der Waals surface area contributed by atoms with Crippen molar-refractivity contribution in [1.29, 1.82) is 5.26 Å². The highest BCUT2D eigenvalue weighted by molar-refractivity contribution is 5.97. The van der Waals surface area contributed by atoms with E-state index in [1.165, 1.54) is 5.69 Å². The zero-order valence-electron chi connectivity index (χ0n) is 11.4. The summed E-state index contributed by atoms with van der Waals surface area (Å²) >= 11 is 0. The van der Waals surface area contributed by atoms with Gasteiger partial charge in [-0.25, -0.2) is 0 Å². The molecule has 3 heteroatoms. The number of aliphatic hydroxyl groups excluding tert-OH is 1. The Morgan fingerprint density at radius 2 is 1.80 bits per heavy atom. The molecule has 0 bridgehead atoms. The van der Waals surface area contributed by atoms with Crippen LogP contribution in [0.15, 0.2) is 36.4 Å². The molecule has 0 aliphatic carbocycles. The number of nitriles is 1. The molecule has 0 unspecified atom stereocenters. The van der Waals surface area contributed by atoms with Crippen LogP contribution in [0.3, 0.4) is 0 Å². The molecule has 3 nitrogen and oxygen atoms in total. The van der Waals surface area contributed by atoms with Crippen LogP contribution in [-0.2, 0) is 0 Å². The first kappa shape index (κ1) is 13.0. The number of anilines is 1. The quantitative estimate of drug-likeness (QED) is 0.909. The Balaban J connectivity index is 1.99. The zero-order valence-corrected chi connectivity index (χ0v) is 11.4. The van der Waals surface area contributed by atoms with Crippen molar-refractivity contribution in [3.63, 3.8) is 0 Å². The van der Waals surface area contributed by atoms with Crippen LogP contribution in [0.5, 0.6) is 0 Å². The van der Waals surface area contributed by atoms with Crippen molar-refractivity contribution in [1.82, 2.24) is 0 Å². The molecule has 0 amide bonds. The smallest absolute Gasteiger partial charge is 0.0998 e. The first-order valence-electron chi connectivity index (χ1n) is 7.11. The minimum Gasteiger partial charge on any atom is -0.396 e. The van der Waals surface area contributed by atoms with E-state index < -0.39 is 0 Å². The average Bonchev–Trinajstić information content (AvgIpc) is 2.54. The van der Waals surface area contributed by atoms with Gasteiger partial charge in [0.2, 0.25) is 0 Å². The summed E-state index contributed by atoms with van der Waals surface area (Å²) in [6.07, 6.45) is 2.07. The van der Waals surface area contributed by atoms with E-state index in [9.17, 15) is 10.4 Å². The Hall–Kier alpha value is -2.05. The number of fused-ring (bicyclic) bond motifs is 1. The van der Waals surface area contributed by atoms with Gasteiger partial charge < -0.3 is 10.0 Å². The van der Waals surface area contributed by atoms with Crippen LogP contribution in [0.4, 0.5) is 5.69 Å². The third-order valence-corrected chi connectivity index (χ3v) is 4.23. The fourth-order valence-corrected chi connectivity index (χ4v) is 3.01. The van der Waals surface area contributed by atoms with E-state index in [-0.39, 0.29) is 0 Å². The number of aliphatic hydroxyl groups is 1. The second-order valence-corrected chi connectivity index (χ2v) is 5.40. The van der Waals surface area contributed by atoms with Gasteiger partial charge in [-0.15, -0.1) is 0 Å². The van der Waals surface area contributed by atoms with Crippen LogP contribution in [0.2, 0.25) is 0 Å². The predicted molar refractivity (Wildman–Crippen MR) is 80.7 cm³/mol. The summed E-state index contributed by atoms with van der Waals surface area (Å²) in [5.74, 6) is 0.441. The molecular weight excluding hydrogens is 248 g/mol. The highest BCUT2D eigenvalue weighted by Crippen LogP contribution is 2.31. The van der Waals surface area contributed by atoms with Crippen molar-refractivity contribution in [2.45, 2.75) is 12.8 Å². The van der Waals surface area contributed by atoms with E-state index in [1.807, 2.05) is 24.3 Å². The first-order chi connectivity index (χ1) is 9.83. The highest BCUT2D eigenvalue weighted by atomic mass is 16.3. The standard InChI is InChI=1S/C17H18N2O/c18-11-14-5-6-17(16-4-2-1-3-15(14)16)19-9-7-13(12-20)8-10-19/h1-6,13,20H,7-10,12H2. The monoisotopic (exact) mass is 266 g/mol. The van der Waals surface area contributed by atoms with Crippen molar-refractivity contribution in [3.05, 3.63) is 42.0 Å². The highest BCUT2D eigenvalue weighted by Gasteiger charge is 2.20. The Morgan fingerprint density at radius 1 is 1.10 bits per heavy atom. The maximum atomic E-state index is 9.23. The van der Waals surface area contributed by atoms with E-state index in [1.54, 1.807) is 0 Å². The number of piperidine rings is 1. The molecule has 0 aromatic heterocycles. The Kier molecular flexibility index (Phi) is 3.58. The van der Waals surface area contributed by atoms with Gasteiger partial charge in [-0.2, -0.15) is 5.26 Å². The van der Waals surface area contributed by atoms with Crippen molar-refractivity contribution in [3.8, 4) is 6.07 Å². The second kappa shape index (κ2) is 5.52. The Bertz CT molecular complexity index is 652. The molecule has 1 N–H and O–H groups in total. The Labute approximate surface area is 119 Å². The van der Waals surface area contributed by atoms with E-state index in [4.69, 9.17) is 0 Å². The normalized spacial score (nSPS) is 16.3. The molecule has 1 fully saturated rings. The lowest BCUT2D eigenvalue weighted by Crippen LogP contribution is -2.34. The summed E-state index contributed by atoms with van der Waals surface area (Å²) in [4.78, 5) is 2.37. The topological polar surface area (TPSA) is 47.3 Å². The van der Waals surface area contributed by atoms with Crippen LogP contribution in [0.25, 0.3) is 10.8 Å². The maximum absolute atomic E-state index is 9.23. The second-order valence-electron chi connectivity index (χ2n) is 5.40. The van der Waals surface area contributed by atoms with Gasteiger partial charge in [0.05, 0.1) is 11.6 Å². The van der Waals surface area contributed by atoms with E-state index in [2.05, 4.69) is 23.1 Å². The van der Waals surface area contributed by atoms with Crippen LogP contribution >= 0.6 is 0 Å². The number of rotatable bonds is 2. The SMILES string of the molecule is N#Cc1ccc(N2CCC(CO)CC2)c2ccccc12. The minimum atomic E-state index is 0.294. The summed E-state index contributed by atoms with van der Waals surface area (Å²) in [5.41, 5.74) is 1.94. The fraction of sp³-hybridized carbons (Fsp3) is 0.353. The Morgan fingerprint density at radius 3 is 2.45 bits per heavy atom. The zero-order chi connectivity index (χ0) is 13.9. The predicted octanol–water partition coefficient (Wildman–Crippen LogP) is 2.92. The molecule has 2 aromatic carbocycles. The molecule has 1 aliphatic heterocycles. The van der Waals surface area contributed by atoms with Gasteiger partial charge in [-0.05, 0) is 30.9 Å². The third kappa shape index (κ3) is 2.23. The number of benzene rings is 2. The molecule has 1 heterocycles. The van der Waals surface area contributed by atoms with Crippen molar-refractivity contribution < 1.29 is 5.11 Å². The molecule has 0 spiro atoms. The third-order valence-electron chi connectivity index (χ3n) is 4.23. The fourth-order valence-electron chi connectivity index (χ4n) is 3.01. The van der Waals surface area contributed by atoms with E-state index in [0.29, 0.717) is 12.5 Å². The van der Waals surface area contributed by atoms with E-state index >= 15 is 0 Å². The molecule has 2 aromatic rings. The van der Waals surface area contributed by atoms with E-state index in [0.717, 1.165) is 42.3 Å². The van der Waals surface area contributed by atoms with Crippen molar-refractivity contribution >= 4 is 16.5 Å². The van der Waals surface area contributed by atoms with Crippen LogP contribution in [0.1, 0.15) is 18.4 Å². The van der Waals surface area contributed by atoms with Crippen LogP contribution in [-0.4, -0.2) is 24.8 Å². The van der Waals surface area contributed by atoms with Gasteiger partial charge >= 0.3 is 0 Å². The van der Waals surface area contributed by atoms with Gasteiger partial charge in [0.15, 0.2) is 0 Å². The number of nitrogens with zero attached hydrogens (tertiary/aromatic N) is 2. The van der Waals surface area contributed by atoms with Gasteiger partial charge in [0.1, 0.15) is 0 Å². The van der Waals surface area contributed by atoms with Crippen molar-refractivity contribution in [2.24, 2.45) is 5.92 Å². The molecule has 20 heavy (non-hydrogen) atoms. The first-order valence-corrected chi connectivity index (χ1v) is 7.11. The summed E-state index contributed by atoms with van der Waals surface area (Å²) in [6.45, 7) is 2.24. The van der Waals surface area contributed by atoms with Crippen LogP contribution < -0.4 is 4.90 Å². The number of hydrogen-bond acceptors (Lipinski definition) is 3. The molecule has 1 saturated heterocycles. The lowest BCUT2D eigenvalue weighted by molar-refractivity contribution is 0.203. The van der Waals surface area contributed by atoms with Gasteiger partial charge in [0, 0.05) is 36.2 Å². The lowest BCUT2D eigenvalue weighted by Gasteiger charge is -2.33. The molecular formula is C17H18N2O. The summed E-state index contributed by atoms with van der Waals surface area (Å²) in [5, 5.41) is 20.6. The largest absolute Gasteiger partial charge is 0.396 e. The lowest BCUT2D eigenvalue weighted by atomic mass is 9.96. The molecule has 1 aliphatic rings. The maximum Gasteiger partial charge on any atom is 0.0998 e. The average molecular weight is 266 g/mol. The molecule has 0 saturated carbocycles. The summed E-state index contributed by atoms with van der Waals surface area (Å²) in [6, 6.07) is 14.3. The summed E-state index contributed by atoms with van der Waals surface area (Å²) < 4.78 is 0. The van der Waals surface area contributed by atoms with Gasteiger partial charge in [-0.3, -0.25) is 0 Å². The van der Waals surface area contributed by atoms with Gasteiger partial charge in [0.25, 0.3) is 0 Å². The van der Waals surface area contributed by atoms with Crippen molar-refractivity contribution in [2.75, 3.05) is 24.6 Å². The molecule has 0 atom stereocenters. The minimum absolute atomic E-state index is 0.294. The molecule has 0 radical (unpaired) electrons.